The van der Waals surface area contributed by atoms with Crippen LogP contribution in [0, 0.1) is 0 Å². The van der Waals surface area contributed by atoms with Crippen molar-refractivity contribution in [3.8, 4) is 0 Å². The Morgan fingerprint density at radius 2 is 1.32 bits per heavy atom. The van der Waals surface area contributed by atoms with E-state index in [0.29, 0.717) is 13.0 Å². The maximum absolute atomic E-state index is 13.4. The molecule has 0 aliphatic rings. The van der Waals surface area contributed by atoms with Crippen molar-refractivity contribution in [3.63, 3.8) is 0 Å². The highest BCUT2D eigenvalue weighted by atomic mass is 16.3. The molecule has 3 aromatic rings. The minimum absolute atomic E-state index is 0.0194. The fourth-order valence-corrected chi connectivity index (χ4v) is 3.24. The average molecular weight is 415 g/mol. The zero-order valence-electron chi connectivity index (χ0n) is 17.2. The third kappa shape index (κ3) is 6.39. The molecule has 0 saturated carbocycles. The second kappa shape index (κ2) is 11.5. The summed E-state index contributed by atoms with van der Waals surface area (Å²) < 4.78 is 0. The molecule has 5 heteroatoms. The van der Waals surface area contributed by atoms with Gasteiger partial charge >= 0.3 is 0 Å². The monoisotopic (exact) mass is 414 g/mol. The number of hydrogen-bond donors (Lipinski definition) is 3. The lowest BCUT2D eigenvalue weighted by Gasteiger charge is -2.19. The summed E-state index contributed by atoms with van der Waals surface area (Å²) in [6.07, 6.45) is 2.09. The summed E-state index contributed by atoms with van der Waals surface area (Å²) in [5.41, 5.74) is 2.63. The molecule has 2 amide bonds. The topological polar surface area (TPSA) is 78.4 Å². The standard InChI is InChI=1S/C26H26N2O3/c29-18-10-17-27-25(30)23(19-20-11-4-1-5-12-20)28-26(31)24(21-13-6-2-7-14-21)22-15-8-3-9-16-22/h1-9,11-16,19,24,29H,10,17-18H2,(H,27,30)(H,28,31)/b23-19-. The predicted octanol–water partition coefficient (Wildman–Crippen LogP) is 3.47. The van der Waals surface area contributed by atoms with Crippen LogP contribution in [0.2, 0.25) is 0 Å². The maximum Gasteiger partial charge on any atom is 0.267 e. The molecule has 0 radical (unpaired) electrons. The van der Waals surface area contributed by atoms with Gasteiger partial charge in [0.25, 0.3) is 5.91 Å². The molecular weight excluding hydrogens is 388 g/mol. The smallest absolute Gasteiger partial charge is 0.267 e. The van der Waals surface area contributed by atoms with Crippen LogP contribution < -0.4 is 10.6 Å². The van der Waals surface area contributed by atoms with Crippen molar-refractivity contribution in [1.29, 1.82) is 0 Å². The van der Waals surface area contributed by atoms with Crippen molar-refractivity contribution in [1.82, 2.24) is 10.6 Å². The zero-order chi connectivity index (χ0) is 21.9. The average Bonchev–Trinajstić information content (AvgIpc) is 2.81. The Balaban J connectivity index is 1.91. The first-order valence-electron chi connectivity index (χ1n) is 10.3. The summed E-state index contributed by atoms with van der Waals surface area (Å²) in [7, 11) is 0. The van der Waals surface area contributed by atoms with Gasteiger partial charge in [-0.2, -0.15) is 0 Å². The predicted molar refractivity (Wildman–Crippen MR) is 122 cm³/mol. The van der Waals surface area contributed by atoms with E-state index < -0.39 is 11.8 Å². The van der Waals surface area contributed by atoms with Crippen LogP contribution in [-0.4, -0.2) is 30.1 Å². The van der Waals surface area contributed by atoms with E-state index in [1.165, 1.54) is 0 Å². The zero-order valence-corrected chi connectivity index (χ0v) is 17.2. The summed E-state index contributed by atoms with van der Waals surface area (Å²) in [6.45, 7) is 0.298. The van der Waals surface area contributed by atoms with Crippen LogP contribution in [0.5, 0.6) is 0 Å². The number of aliphatic hydroxyl groups excluding tert-OH is 1. The molecule has 0 heterocycles. The van der Waals surface area contributed by atoms with E-state index in [9.17, 15) is 9.59 Å². The molecule has 3 N–H and O–H groups in total. The fraction of sp³-hybridized carbons (Fsp3) is 0.154. The maximum atomic E-state index is 13.4. The molecular formula is C26H26N2O3. The molecule has 0 atom stereocenters. The first-order valence-corrected chi connectivity index (χ1v) is 10.3. The van der Waals surface area contributed by atoms with E-state index in [2.05, 4.69) is 10.6 Å². The van der Waals surface area contributed by atoms with E-state index in [1.807, 2.05) is 91.0 Å². The summed E-state index contributed by atoms with van der Waals surface area (Å²) >= 11 is 0. The Morgan fingerprint density at radius 1 is 0.806 bits per heavy atom. The van der Waals surface area contributed by atoms with Crippen molar-refractivity contribution in [2.24, 2.45) is 0 Å². The highest BCUT2D eigenvalue weighted by Gasteiger charge is 2.24. The van der Waals surface area contributed by atoms with E-state index in [1.54, 1.807) is 6.08 Å². The number of rotatable bonds is 9. The molecule has 0 saturated heterocycles. The second-order valence-corrected chi connectivity index (χ2v) is 7.05. The number of aliphatic hydroxyl groups is 1. The van der Waals surface area contributed by atoms with Gasteiger partial charge in [-0.15, -0.1) is 0 Å². The van der Waals surface area contributed by atoms with Crippen LogP contribution in [0.1, 0.15) is 29.0 Å². The van der Waals surface area contributed by atoms with Crippen molar-refractivity contribution in [2.75, 3.05) is 13.2 Å². The lowest BCUT2D eigenvalue weighted by atomic mass is 9.90. The Hall–Kier alpha value is -3.70. The van der Waals surface area contributed by atoms with Crippen molar-refractivity contribution in [2.45, 2.75) is 12.3 Å². The second-order valence-electron chi connectivity index (χ2n) is 7.05. The van der Waals surface area contributed by atoms with Gasteiger partial charge in [-0.3, -0.25) is 9.59 Å². The van der Waals surface area contributed by atoms with Crippen LogP contribution in [0.15, 0.2) is 96.7 Å². The van der Waals surface area contributed by atoms with E-state index in [0.717, 1.165) is 16.7 Å². The number of hydrogen-bond acceptors (Lipinski definition) is 3. The van der Waals surface area contributed by atoms with Crippen LogP contribution in [-0.2, 0) is 9.59 Å². The summed E-state index contributed by atoms with van der Waals surface area (Å²) in [4.78, 5) is 26.2. The molecule has 0 bridgehead atoms. The van der Waals surface area contributed by atoms with Gasteiger partial charge in [-0.1, -0.05) is 91.0 Å². The molecule has 0 aliphatic carbocycles. The van der Waals surface area contributed by atoms with Gasteiger partial charge in [-0.05, 0) is 29.2 Å². The Labute approximate surface area is 182 Å². The van der Waals surface area contributed by atoms with Gasteiger partial charge in [-0.25, -0.2) is 0 Å². The third-order valence-corrected chi connectivity index (χ3v) is 4.76. The summed E-state index contributed by atoms with van der Waals surface area (Å²) in [5.74, 6) is -1.26. The highest BCUT2D eigenvalue weighted by Crippen LogP contribution is 2.25. The summed E-state index contributed by atoms with van der Waals surface area (Å²) in [6, 6.07) is 28.3. The van der Waals surface area contributed by atoms with Crippen molar-refractivity contribution in [3.05, 3.63) is 113 Å². The van der Waals surface area contributed by atoms with Gasteiger partial charge in [0, 0.05) is 13.2 Å². The lowest BCUT2D eigenvalue weighted by molar-refractivity contribution is -0.124. The molecule has 0 aliphatic heterocycles. The van der Waals surface area contributed by atoms with Gasteiger partial charge in [0.2, 0.25) is 5.91 Å². The molecule has 31 heavy (non-hydrogen) atoms. The first-order chi connectivity index (χ1) is 15.2. The normalized spacial score (nSPS) is 11.2. The number of carbonyl (C=O) groups is 2. The number of carbonyl (C=O) groups excluding carboxylic acids is 2. The third-order valence-electron chi connectivity index (χ3n) is 4.76. The molecule has 3 aromatic carbocycles. The first kappa shape index (κ1) is 22.0. The quantitative estimate of drug-likeness (QED) is 0.371. The SMILES string of the molecule is O=C(NCCCO)/C(=C/c1ccccc1)NC(=O)C(c1ccccc1)c1ccccc1. The van der Waals surface area contributed by atoms with E-state index in [4.69, 9.17) is 5.11 Å². The fourth-order valence-electron chi connectivity index (χ4n) is 3.24. The van der Waals surface area contributed by atoms with Gasteiger partial charge < -0.3 is 15.7 Å². The Kier molecular flexibility index (Phi) is 8.14. The molecule has 158 valence electrons. The molecule has 5 nitrogen and oxygen atoms in total. The van der Waals surface area contributed by atoms with Gasteiger partial charge in [0.1, 0.15) is 5.70 Å². The van der Waals surface area contributed by atoms with Gasteiger partial charge in [0.05, 0.1) is 5.92 Å². The molecule has 0 fully saturated rings. The Bertz CT molecular complexity index is 963. The van der Waals surface area contributed by atoms with Crippen LogP contribution in [0.25, 0.3) is 6.08 Å². The van der Waals surface area contributed by atoms with Crippen molar-refractivity contribution >= 4 is 17.9 Å². The Morgan fingerprint density at radius 3 is 1.84 bits per heavy atom. The van der Waals surface area contributed by atoms with E-state index >= 15 is 0 Å². The number of amides is 2. The number of benzene rings is 3. The molecule has 0 aromatic heterocycles. The molecule has 3 rings (SSSR count). The lowest BCUT2D eigenvalue weighted by Crippen LogP contribution is -2.37. The molecule has 0 spiro atoms. The summed E-state index contributed by atoms with van der Waals surface area (Å²) in [5, 5.41) is 14.6. The highest BCUT2D eigenvalue weighted by molar-refractivity contribution is 6.02. The van der Waals surface area contributed by atoms with Crippen molar-refractivity contribution < 1.29 is 14.7 Å². The van der Waals surface area contributed by atoms with Gasteiger partial charge in [0.15, 0.2) is 0 Å². The largest absolute Gasteiger partial charge is 0.396 e. The number of nitrogens with one attached hydrogen (secondary N) is 2. The van der Waals surface area contributed by atoms with E-state index in [-0.39, 0.29) is 18.2 Å². The van der Waals surface area contributed by atoms with Crippen LogP contribution in [0.4, 0.5) is 0 Å². The molecule has 0 unspecified atom stereocenters. The minimum Gasteiger partial charge on any atom is -0.396 e. The van der Waals surface area contributed by atoms with Crippen LogP contribution in [0.3, 0.4) is 0 Å². The minimum atomic E-state index is -0.563. The van der Waals surface area contributed by atoms with Crippen LogP contribution >= 0.6 is 0 Å².